The van der Waals surface area contributed by atoms with Crippen LogP contribution in [0.15, 0.2) is 18.2 Å². The highest BCUT2D eigenvalue weighted by molar-refractivity contribution is 7.98. The predicted molar refractivity (Wildman–Crippen MR) is 72.8 cm³/mol. The lowest BCUT2D eigenvalue weighted by atomic mass is 10.2. The summed E-state index contributed by atoms with van der Waals surface area (Å²) in [4.78, 5) is 12.4. The summed E-state index contributed by atoms with van der Waals surface area (Å²) in [7, 11) is 2.00. The third kappa shape index (κ3) is 4.53. The molecule has 0 amide bonds. The van der Waals surface area contributed by atoms with Crippen LogP contribution in [0.5, 0.6) is 0 Å². The molecule has 0 saturated carbocycles. The fraction of sp³-hybridized carbons (Fsp3) is 0.455. The van der Waals surface area contributed by atoms with E-state index in [9.17, 15) is 10.1 Å². The number of nitrogens with zero attached hydrogens (tertiary/aromatic N) is 2. The van der Waals surface area contributed by atoms with Crippen molar-refractivity contribution in [1.29, 1.82) is 0 Å². The van der Waals surface area contributed by atoms with Crippen LogP contribution in [0.1, 0.15) is 5.56 Å². The van der Waals surface area contributed by atoms with E-state index < -0.39 is 4.92 Å². The van der Waals surface area contributed by atoms with E-state index in [1.165, 1.54) is 6.07 Å². The topological polar surface area (TPSA) is 46.4 Å². The smallest absolute Gasteiger partial charge is 0.288 e. The number of hydrogen-bond acceptors (Lipinski definition) is 4. The van der Waals surface area contributed by atoms with Gasteiger partial charge in [-0.25, -0.2) is 0 Å². The molecule has 0 atom stereocenters. The van der Waals surface area contributed by atoms with Gasteiger partial charge in [0.1, 0.15) is 5.02 Å². The number of rotatable bonds is 6. The van der Waals surface area contributed by atoms with Crippen LogP contribution in [0.2, 0.25) is 5.02 Å². The molecule has 0 N–H and O–H groups in total. The molecule has 0 unspecified atom stereocenters. The van der Waals surface area contributed by atoms with Crippen molar-refractivity contribution in [3.8, 4) is 0 Å². The van der Waals surface area contributed by atoms with Crippen LogP contribution in [-0.4, -0.2) is 35.4 Å². The standard InChI is InChI=1S/C11H15ClN2O2S/c1-13(5-6-17-2)8-9-3-4-10(12)11(7-9)14(15)16/h3-4,7H,5-6,8H2,1-2H3. The van der Waals surface area contributed by atoms with E-state index in [0.717, 1.165) is 17.9 Å². The quantitative estimate of drug-likeness (QED) is 0.591. The number of thioether (sulfide) groups is 1. The predicted octanol–water partition coefficient (Wildman–Crippen LogP) is 3.04. The molecule has 0 bridgehead atoms. The Morgan fingerprint density at radius 3 is 2.82 bits per heavy atom. The molecule has 1 aromatic rings. The fourth-order valence-corrected chi connectivity index (χ4v) is 2.12. The molecule has 6 heteroatoms. The molecule has 0 spiro atoms. The van der Waals surface area contributed by atoms with Gasteiger partial charge in [-0.1, -0.05) is 17.7 Å². The summed E-state index contributed by atoms with van der Waals surface area (Å²) in [5, 5.41) is 10.9. The maximum absolute atomic E-state index is 10.7. The summed E-state index contributed by atoms with van der Waals surface area (Å²) in [6.45, 7) is 1.65. The van der Waals surface area contributed by atoms with E-state index in [0.29, 0.717) is 6.54 Å². The first-order valence-electron chi connectivity index (χ1n) is 5.15. The van der Waals surface area contributed by atoms with Gasteiger partial charge in [0.05, 0.1) is 4.92 Å². The maximum Gasteiger partial charge on any atom is 0.288 e. The number of hydrogen-bond donors (Lipinski definition) is 0. The second-order valence-electron chi connectivity index (χ2n) is 3.77. The Labute approximate surface area is 110 Å². The minimum Gasteiger partial charge on any atom is -0.301 e. The van der Waals surface area contributed by atoms with Crippen LogP contribution in [0, 0.1) is 10.1 Å². The summed E-state index contributed by atoms with van der Waals surface area (Å²) in [6, 6.07) is 4.94. The SMILES string of the molecule is CSCCN(C)Cc1ccc(Cl)c([N+](=O)[O-])c1. The first kappa shape index (κ1) is 14.3. The van der Waals surface area contributed by atoms with Crippen molar-refractivity contribution in [2.75, 3.05) is 25.6 Å². The summed E-state index contributed by atoms with van der Waals surface area (Å²) in [5.41, 5.74) is 0.882. The van der Waals surface area contributed by atoms with Gasteiger partial charge in [-0.05, 0) is 24.9 Å². The third-order valence-electron chi connectivity index (χ3n) is 2.34. The molecule has 0 saturated heterocycles. The van der Waals surface area contributed by atoms with Gasteiger partial charge < -0.3 is 4.90 Å². The van der Waals surface area contributed by atoms with E-state index in [-0.39, 0.29) is 10.7 Å². The number of nitro benzene ring substituents is 1. The number of benzene rings is 1. The number of nitro groups is 1. The molecule has 4 nitrogen and oxygen atoms in total. The highest BCUT2D eigenvalue weighted by atomic mass is 35.5. The minimum atomic E-state index is -0.451. The summed E-state index contributed by atoms with van der Waals surface area (Å²) in [5.74, 6) is 1.05. The Morgan fingerprint density at radius 1 is 1.53 bits per heavy atom. The monoisotopic (exact) mass is 274 g/mol. The molecule has 0 aliphatic rings. The van der Waals surface area contributed by atoms with Crippen LogP contribution in [0.25, 0.3) is 0 Å². The zero-order valence-corrected chi connectivity index (χ0v) is 11.4. The van der Waals surface area contributed by atoms with E-state index in [1.807, 2.05) is 13.1 Å². The maximum atomic E-state index is 10.7. The van der Waals surface area contributed by atoms with Gasteiger partial charge >= 0.3 is 0 Å². The molecule has 0 aromatic heterocycles. The second kappa shape index (κ2) is 6.83. The van der Waals surface area contributed by atoms with Crippen LogP contribution < -0.4 is 0 Å². The molecule has 0 aliphatic carbocycles. The third-order valence-corrected chi connectivity index (χ3v) is 3.25. The first-order chi connectivity index (χ1) is 8.04. The molecule has 1 aromatic carbocycles. The van der Waals surface area contributed by atoms with E-state index in [4.69, 9.17) is 11.6 Å². The second-order valence-corrected chi connectivity index (χ2v) is 5.17. The molecule has 17 heavy (non-hydrogen) atoms. The largest absolute Gasteiger partial charge is 0.301 e. The Balaban J connectivity index is 2.72. The van der Waals surface area contributed by atoms with E-state index >= 15 is 0 Å². The lowest BCUT2D eigenvalue weighted by Gasteiger charge is -2.15. The molecule has 1 rings (SSSR count). The average Bonchev–Trinajstić information content (AvgIpc) is 2.28. The van der Waals surface area contributed by atoms with E-state index in [1.54, 1.807) is 17.8 Å². The van der Waals surface area contributed by atoms with Crippen molar-refractivity contribution >= 4 is 29.1 Å². The lowest BCUT2D eigenvalue weighted by molar-refractivity contribution is -0.384. The van der Waals surface area contributed by atoms with Crippen LogP contribution >= 0.6 is 23.4 Å². The van der Waals surface area contributed by atoms with Crippen LogP contribution in [-0.2, 0) is 6.54 Å². The Kier molecular flexibility index (Phi) is 5.74. The first-order valence-corrected chi connectivity index (χ1v) is 6.92. The van der Waals surface area contributed by atoms with Gasteiger partial charge in [-0.3, -0.25) is 10.1 Å². The van der Waals surface area contributed by atoms with Gasteiger partial charge in [0.2, 0.25) is 0 Å². The van der Waals surface area contributed by atoms with Crippen molar-refractivity contribution in [1.82, 2.24) is 4.90 Å². The van der Waals surface area contributed by atoms with Crippen molar-refractivity contribution in [2.24, 2.45) is 0 Å². The highest BCUT2D eigenvalue weighted by Gasteiger charge is 2.13. The molecule has 94 valence electrons. The van der Waals surface area contributed by atoms with Crippen molar-refractivity contribution < 1.29 is 4.92 Å². The lowest BCUT2D eigenvalue weighted by Crippen LogP contribution is -2.20. The molecule has 0 radical (unpaired) electrons. The van der Waals surface area contributed by atoms with Gasteiger partial charge in [0.25, 0.3) is 5.69 Å². The van der Waals surface area contributed by atoms with Gasteiger partial charge in [0, 0.05) is 24.9 Å². The highest BCUT2D eigenvalue weighted by Crippen LogP contribution is 2.25. The van der Waals surface area contributed by atoms with Gasteiger partial charge in [0.15, 0.2) is 0 Å². The Morgan fingerprint density at radius 2 is 2.24 bits per heavy atom. The zero-order chi connectivity index (χ0) is 12.8. The zero-order valence-electron chi connectivity index (χ0n) is 9.85. The van der Waals surface area contributed by atoms with Crippen molar-refractivity contribution in [3.05, 3.63) is 38.9 Å². The fourth-order valence-electron chi connectivity index (χ4n) is 1.43. The minimum absolute atomic E-state index is 0.0255. The normalized spacial score (nSPS) is 10.8. The summed E-state index contributed by atoms with van der Waals surface area (Å²) < 4.78 is 0. The van der Waals surface area contributed by atoms with Gasteiger partial charge in [-0.15, -0.1) is 0 Å². The Bertz CT molecular complexity index is 401. The Hall–Kier alpha value is -0.780. The average molecular weight is 275 g/mol. The summed E-state index contributed by atoms with van der Waals surface area (Å²) in [6.07, 6.45) is 2.06. The molecule has 0 fully saturated rings. The van der Waals surface area contributed by atoms with Crippen molar-refractivity contribution in [2.45, 2.75) is 6.54 Å². The molecular formula is C11H15ClN2O2S. The molecular weight excluding hydrogens is 260 g/mol. The van der Waals surface area contributed by atoms with Crippen LogP contribution in [0.4, 0.5) is 5.69 Å². The van der Waals surface area contributed by atoms with Crippen molar-refractivity contribution in [3.63, 3.8) is 0 Å². The van der Waals surface area contributed by atoms with Gasteiger partial charge in [-0.2, -0.15) is 11.8 Å². The number of halogens is 1. The van der Waals surface area contributed by atoms with Crippen LogP contribution in [0.3, 0.4) is 0 Å². The van der Waals surface area contributed by atoms with E-state index in [2.05, 4.69) is 11.2 Å². The molecule has 0 heterocycles. The molecule has 0 aliphatic heterocycles. The summed E-state index contributed by atoms with van der Waals surface area (Å²) >= 11 is 7.53.